The number of amides is 2. The van der Waals surface area contributed by atoms with Crippen LogP contribution in [0.25, 0.3) is 0 Å². The first-order valence-electron chi connectivity index (χ1n) is 3.63. The molecule has 0 bridgehead atoms. The second-order valence-corrected chi connectivity index (χ2v) is 3.65. The molecule has 1 unspecified atom stereocenters. The number of nitrogens with one attached hydrogen (secondary N) is 1. The van der Waals surface area contributed by atoms with Crippen LogP contribution in [0.4, 0.5) is 4.39 Å². The third kappa shape index (κ3) is 4.07. The molecule has 3 N–H and O–H groups in total. The molecule has 0 saturated heterocycles. The fraction of sp³-hybridized carbons (Fsp3) is 0.714. The summed E-state index contributed by atoms with van der Waals surface area (Å²) in [6, 6.07) is 0. The van der Waals surface area contributed by atoms with Gasteiger partial charge in [-0.15, -0.1) is 0 Å². The number of nitrogens with two attached hydrogens (primary N) is 1. The molecule has 0 aromatic rings. The molecule has 6 heteroatoms. The highest BCUT2D eigenvalue weighted by Crippen LogP contribution is 2.12. The molecule has 0 aromatic carbocycles. The van der Waals surface area contributed by atoms with Crippen LogP contribution in [-0.4, -0.2) is 24.0 Å². The Bertz CT molecular complexity index is 219. The summed E-state index contributed by atoms with van der Waals surface area (Å²) in [5, 5.41) is 2.16. The van der Waals surface area contributed by atoms with E-state index in [-0.39, 0.29) is 6.54 Å². The van der Waals surface area contributed by atoms with Gasteiger partial charge in [-0.3, -0.25) is 9.59 Å². The van der Waals surface area contributed by atoms with Crippen molar-refractivity contribution in [2.24, 2.45) is 11.1 Å². The predicted octanol–water partition coefficient (Wildman–Crippen LogP) is 0.148. The quantitative estimate of drug-likeness (QED) is 0.649. The van der Waals surface area contributed by atoms with Gasteiger partial charge in [0.05, 0.1) is 5.41 Å². The van der Waals surface area contributed by atoms with Crippen molar-refractivity contribution in [3.05, 3.63) is 0 Å². The maximum atomic E-state index is 12.1. The van der Waals surface area contributed by atoms with Gasteiger partial charge in [0.25, 0.3) is 11.5 Å². The number of rotatable bonds is 4. The molecule has 0 saturated carbocycles. The van der Waals surface area contributed by atoms with Crippen LogP contribution in [0.5, 0.6) is 0 Å². The molecule has 76 valence electrons. The number of halogens is 2. The highest BCUT2D eigenvalue weighted by Gasteiger charge is 2.26. The monoisotopic (exact) mass is 210 g/mol. The Hall–Kier alpha value is -0.840. The maximum Gasteiger partial charge on any atom is 0.270 e. The number of hydrogen-bond acceptors (Lipinski definition) is 2. The molecule has 4 nitrogen and oxygen atoms in total. The first kappa shape index (κ1) is 12.2. The average Bonchev–Trinajstić information content (AvgIpc) is 1.99. The molecule has 0 aromatic heterocycles. The molecule has 0 fully saturated rings. The number of hydrogen-bond donors (Lipinski definition) is 2. The predicted molar refractivity (Wildman–Crippen MR) is 46.7 cm³/mol. The van der Waals surface area contributed by atoms with Gasteiger partial charge in [0.2, 0.25) is 5.91 Å². The highest BCUT2D eigenvalue weighted by atomic mass is 35.5. The van der Waals surface area contributed by atoms with E-state index in [1.807, 2.05) is 0 Å². The molecule has 0 radical (unpaired) electrons. The summed E-state index contributed by atoms with van der Waals surface area (Å²) in [7, 11) is 0. The molecule has 0 aliphatic rings. The van der Waals surface area contributed by atoms with Crippen molar-refractivity contribution >= 4 is 23.4 Å². The van der Waals surface area contributed by atoms with Crippen molar-refractivity contribution in [2.45, 2.75) is 19.5 Å². The minimum Gasteiger partial charge on any atom is -0.369 e. The normalized spacial score (nSPS) is 13.5. The summed E-state index contributed by atoms with van der Waals surface area (Å²) in [5.41, 5.74) is 2.02. The Morgan fingerprint density at radius 3 is 2.38 bits per heavy atom. The van der Waals surface area contributed by atoms with E-state index in [9.17, 15) is 14.0 Å². The molecule has 0 aliphatic carbocycles. The molecule has 13 heavy (non-hydrogen) atoms. The largest absolute Gasteiger partial charge is 0.369 e. The summed E-state index contributed by atoms with van der Waals surface area (Å²) < 4.78 is 12.1. The fourth-order valence-electron chi connectivity index (χ4n) is 0.472. The van der Waals surface area contributed by atoms with Crippen molar-refractivity contribution in [3.63, 3.8) is 0 Å². The van der Waals surface area contributed by atoms with Crippen molar-refractivity contribution in [1.29, 1.82) is 0 Å². The summed E-state index contributed by atoms with van der Waals surface area (Å²) in [6.45, 7) is 3.04. The highest BCUT2D eigenvalue weighted by molar-refractivity contribution is 6.29. The third-order valence-corrected chi connectivity index (χ3v) is 1.77. The Kier molecular flexibility index (Phi) is 4.13. The zero-order valence-corrected chi connectivity index (χ0v) is 8.19. The van der Waals surface area contributed by atoms with E-state index in [0.29, 0.717) is 0 Å². The summed E-state index contributed by atoms with van der Waals surface area (Å²) in [6.07, 6.45) is 0. The number of carbonyl (C=O) groups excluding carboxylic acids is 2. The first-order chi connectivity index (χ1) is 5.77. The molecular formula is C7H12ClFN2O2. The van der Waals surface area contributed by atoms with E-state index in [2.05, 4.69) is 5.32 Å². The van der Waals surface area contributed by atoms with Gasteiger partial charge in [-0.25, -0.2) is 4.39 Å². The van der Waals surface area contributed by atoms with Gasteiger partial charge in [-0.05, 0) is 13.8 Å². The van der Waals surface area contributed by atoms with Crippen LogP contribution in [0, 0.1) is 5.41 Å². The van der Waals surface area contributed by atoms with E-state index >= 15 is 0 Å². The lowest BCUT2D eigenvalue weighted by Gasteiger charge is -2.20. The SMILES string of the molecule is CC(C)(CNC(=O)C(F)Cl)C(N)=O. The van der Waals surface area contributed by atoms with E-state index in [0.717, 1.165) is 0 Å². The van der Waals surface area contributed by atoms with E-state index in [1.165, 1.54) is 13.8 Å². The zero-order chi connectivity index (χ0) is 10.6. The molecule has 2 amide bonds. The Morgan fingerprint density at radius 1 is 1.62 bits per heavy atom. The number of primary amides is 1. The van der Waals surface area contributed by atoms with Crippen LogP contribution in [0.2, 0.25) is 0 Å². The molecule has 0 aliphatic heterocycles. The number of carbonyl (C=O) groups is 2. The van der Waals surface area contributed by atoms with E-state index in [4.69, 9.17) is 17.3 Å². The van der Waals surface area contributed by atoms with E-state index < -0.39 is 22.9 Å². The van der Waals surface area contributed by atoms with Crippen molar-refractivity contribution < 1.29 is 14.0 Å². The Morgan fingerprint density at radius 2 is 2.08 bits per heavy atom. The third-order valence-electron chi connectivity index (χ3n) is 1.57. The lowest BCUT2D eigenvalue weighted by molar-refractivity contribution is -0.127. The zero-order valence-electron chi connectivity index (χ0n) is 7.43. The van der Waals surface area contributed by atoms with Crippen LogP contribution in [0.1, 0.15) is 13.8 Å². The minimum absolute atomic E-state index is 0.0334. The van der Waals surface area contributed by atoms with Crippen molar-refractivity contribution in [3.8, 4) is 0 Å². The minimum atomic E-state index is -2.09. The summed E-state index contributed by atoms with van der Waals surface area (Å²) >= 11 is 4.84. The maximum absolute atomic E-state index is 12.1. The standard InChI is InChI=1S/C7H12ClFN2O2/c1-7(2,6(10)13)3-11-5(12)4(8)9/h4H,3H2,1-2H3,(H2,10,13)(H,11,12). The molecule has 0 spiro atoms. The van der Waals surface area contributed by atoms with Crippen LogP contribution < -0.4 is 11.1 Å². The van der Waals surface area contributed by atoms with Gasteiger partial charge in [0, 0.05) is 6.54 Å². The van der Waals surface area contributed by atoms with Crippen molar-refractivity contribution in [1.82, 2.24) is 5.32 Å². The van der Waals surface area contributed by atoms with E-state index in [1.54, 1.807) is 0 Å². The van der Waals surface area contributed by atoms with Crippen LogP contribution in [0.3, 0.4) is 0 Å². The van der Waals surface area contributed by atoms with Crippen LogP contribution in [0.15, 0.2) is 0 Å². The molecule has 1 atom stereocenters. The van der Waals surface area contributed by atoms with Crippen molar-refractivity contribution in [2.75, 3.05) is 6.54 Å². The second kappa shape index (κ2) is 4.41. The van der Waals surface area contributed by atoms with Gasteiger partial charge in [0.15, 0.2) is 0 Å². The summed E-state index contributed by atoms with van der Waals surface area (Å²) in [5.74, 6) is -1.53. The molecule has 0 rings (SSSR count). The van der Waals surface area contributed by atoms with Gasteiger partial charge < -0.3 is 11.1 Å². The van der Waals surface area contributed by atoms with Gasteiger partial charge in [-0.1, -0.05) is 11.6 Å². The van der Waals surface area contributed by atoms with Crippen LogP contribution >= 0.6 is 11.6 Å². The number of alkyl halides is 2. The smallest absolute Gasteiger partial charge is 0.270 e. The van der Waals surface area contributed by atoms with Crippen LogP contribution in [-0.2, 0) is 9.59 Å². The van der Waals surface area contributed by atoms with Gasteiger partial charge >= 0.3 is 0 Å². The average molecular weight is 211 g/mol. The fourth-order valence-corrected chi connectivity index (χ4v) is 0.550. The first-order valence-corrected chi connectivity index (χ1v) is 4.07. The molecular weight excluding hydrogens is 199 g/mol. The second-order valence-electron chi connectivity index (χ2n) is 3.27. The lowest BCUT2D eigenvalue weighted by Crippen LogP contribution is -2.43. The van der Waals surface area contributed by atoms with Gasteiger partial charge in [-0.2, -0.15) is 0 Å². The Labute approximate surface area is 80.6 Å². The summed E-state index contributed by atoms with van der Waals surface area (Å²) in [4.78, 5) is 21.4. The Balaban J connectivity index is 4.03. The molecule has 0 heterocycles. The van der Waals surface area contributed by atoms with Gasteiger partial charge in [0.1, 0.15) is 0 Å². The topological polar surface area (TPSA) is 72.2 Å². The lowest BCUT2D eigenvalue weighted by atomic mass is 9.93.